The van der Waals surface area contributed by atoms with Gasteiger partial charge in [0, 0.05) is 23.3 Å². The largest absolute Gasteiger partial charge is 0.306 e. The summed E-state index contributed by atoms with van der Waals surface area (Å²) < 4.78 is 2.97. The summed E-state index contributed by atoms with van der Waals surface area (Å²) in [6, 6.07) is 18.8. The maximum Gasteiger partial charge on any atom is 0.278 e. The van der Waals surface area contributed by atoms with Crippen LogP contribution in [0.2, 0.25) is 0 Å². The third kappa shape index (κ3) is 5.52. The average Bonchev–Trinajstić information content (AvgIpc) is 3.62. The quantitative estimate of drug-likeness (QED) is 0.313. The number of amides is 1. The van der Waals surface area contributed by atoms with Gasteiger partial charge in [0.1, 0.15) is 17.9 Å². The zero-order chi connectivity index (χ0) is 26.1. The van der Waals surface area contributed by atoms with E-state index in [0.29, 0.717) is 22.1 Å². The molecule has 3 aromatic heterocycles. The summed E-state index contributed by atoms with van der Waals surface area (Å²) in [7, 11) is 2.18. The van der Waals surface area contributed by atoms with Gasteiger partial charge in [-0.2, -0.15) is 5.10 Å². The number of hydrogen-bond acceptors (Lipinski definition) is 6. The van der Waals surface area contributed by atoms with Crippen molar-refractivity contribution in [1.29, 1.82) is 0 Å². The fraction of sp³-hybridized carbons (Fsp3) is 0.241. The molecule has 0 aliphatic carbocycles. The van der Waals surface area contributed by atoms with E-state index in [1.807, 2.05) is 42.6 Å². The first-order valence-corrected chi connectivity index (χ1v) is 13.6. The Labute approximate surface area is 236 Å². The van der Waals surface area contributed by atoms with Crippen LogP contribution >= 0.6 is 23.7 Å². The topological polar surface area (TPSA) is 84.5 Å². The Hall–Kier alpha value is -3.79. The Kier molecular flexibility index (Phi) is 7.92. The van der Waals surface area contributed by atoms with Gasteiger partial charge in [-0.25, -0.2) is 9.50 Å². The molecule has 0 bridgehead atoms. The first kappa shape index (κ1) is 26.8. The van der Waals surface area contributed by atoms with Crippen molar-refractivity contribution >= 4 is 40.3 Å². The highest BCUT2D eigenvalue weighted by atomic mass is 35.5. The molecule has 1 amide bonds. The fourth-order valence-corrected chi connectivity index (χ4v) is 5.70. The maximum atomic E-state index is 13.7. The summed E-state index contributed by atoms with van der Waals surface area (Å²) >= 11 is 1.32. The number of nitrogens with one attached hydrogen (secondary N) is 1. The van der Waals surface area contributed by atoms with Crippen LogP contribution in [0.1, 0.15) is 35.9 Å². The SMILES string of the molecule is CN1CCC(c2ccc(-c3cc4c(=O)n(C(C(=O)Nc5nccs5)c5ccccc5)cnn4c3)cc2)CC1.Cl. The van der Waals surface area contributed by atoms with Crippen molar-refractivity contribution < 1.29 is 4.79 Å². The van der Waals surface area contributed by atoms with Crippen molar-refractivity contribution in [3.63, 3.8) is 0 Å². The first-order chi connectivity index (χ1) is 18.6. The summed E-state index contributed by atoms with van der Waals surface area (Å²) in [5.41, 5.74) is 4.10. The number of carbonyl (C=O) groups excluding carboxylic acids is 1. The maximum absolute atomic E-state index is 13.7. The van der Waals surface area contributed by atoms with Gasteiger partial charge in [-0.15, -0.1) is 23.7 Å². The van der Waals surface area contributed by atoms with E-state index in [1.165, 1.54) is 40.6 Å². The molecule has 1 aliphatic rings. The van der Waals surface area contributed by atoms with Gasteiger partial charge in [-0.05, 0) is 61.7 Å². The number of nitrogens with zero attached hydrogens (tertiary/aromatic N) is 5. The summed E-state index contributed by atoms with van der Waals surface area (Å²) in [5.74, 6) is 0.239. The number of carbonyl (C=O) groups is 1. The molecule has 39 heavy (non-hydrogen) atoms. The Bertz CT molecular complexity index is 1610. The minimum Gasteiger partial charge on any atom is -0.306 e. The number of hydrogen-bond donors (Lipinski definition) is 1. The van der Waals surface area contributed by atoms with E-state index in [0.717, 1.165) is 24.2 Å². The minimum absolute atomic E-state index is 0. The first-order valence-electron chi connectivity index (χ1n) is 12.7. The smallest absolute Gasteiger partial charge is 0.278 e. The number of piperidine rings is 1. The molecular formula is C29H29ClN6O2S. The second kappa shape index (κ2) is 11.5. The predicted octanol–water partition coefficient (Wildman–Crippen LogP) is 5.08. The second-order valence-electron chi connectivity index (χ2n) is 9.74. The Morgan fingerprint density at radius 1 is 1.05 bits per heavy atom. The van der Waals surface area contributed by atoms with Gasteiger partial charge in [0.2, 0.25) is 0 Å². The number of rotatable bonds is 6. The lowest BCUT2D eigenvalue weighted by molar-refractivity contribution is -0.118. The van der Waals surface area contributed by atoms with Crippen LogP contribution in [0.5, 0.6) is 0 Å². The molecular weight excluding hydrogens is 532 g/mol. The molecule has 6 rings (SSSR count). The number of aromatic nitrogens is 4. The van der Waals surface area contributed by atoms with Crippen LogP contribution < -0.4 is 10.9 Å². The predicted molar refractivity (Wildman–Crippen MR) is 157 cm³/mol. The highest BCUT2D eigenvalue weighted by Gasteiger charge is 2.26. The molecule has 5 aromatic rings. The van der Waals surface area contributed by atoms with Crippen molar-refractivity contribution in [2.45, 2.75) is 24.8 Å². The van der Waals surface area contributed by atoms with Gasteiger partial charge < -0.3 is 4.90 Å². The van der Waals surface area contributed by atoms with Crippen LogP contribution in [0.3, 0.4) is 0 Å². The highest BCUT2D eigenvalue weighted by Crippen LogP contribution is 2.30. The molecule has 1 saturated heterocycles. The molecule has 1 fully saturated rings. The lowest BCUT2D eigenvalue weighted by Gasteiger charge is -2.29. The summed E-state index contributed by atoms with van der Waals surface area (Å²) in [4.78, 5) is 33.6. The van der Waals surface area contributed by atoms with Gasteiger partial charge in [-0.3, -0.25) is 19.5 Å². The zero-order valence-electron chi connectivity index (χ0n) is 21.4. The Morgan fingerprint density at radius 2 is 1.79 bits per heavy atom. The molecule has 4 heterocycles. The molecule has 200 valence electrons. The van der Waals surface area contributed by atoms with E-state index in [4.69, 9.17) is 0 Å². The Balaban J connectivity index is 0.00000308. The van der Waals surface area contributed by atoms with E-state index in [2.05, 4.69) is 51.6 Å². The molecule has 1 atom stereocenters. The van der Waals surface area contributed by atoms with E-state index in [-0.39, 0.29) is 23.9 Å². The van der Waals surface area contributed by atoms with Crippen molar-refractivity contribution in [3.8, 4) is 11.1 Å². The van der Waals surface area contributed by atoms with E-state index in [9.17, 15) is 9.59 Å². The third-order valence-electron chi connectivity index (χ3n) is 7.29. The standard InChI is InChI=1S/C29H28N6O2S.ClH/c1-33-14-11-22(12-15-33)20-7-9-21(10-8-20)24-17-25-28(37)34(19-31-35(25)18-24)26(23-5-3-2-4-6-23)27(36)32-29-30-13-16-38-29;/h2-10,13,16-19,22,26H,11-12,14-15H2,1H3,(H,30,32,36);1H. The molecule has 0 radical (unpaired) electrons. The van der Waals surface area contributed by atoms with Crippen molar-refractivity contribution in [2.24, 2.45) is 0 Å². The number of thiazole rings is 1. The Morgan fingerprint density at radius 3 is 2.49 bits per heavy atom. The number of benzene rings is 2. The number of halogens is 1. The summed E-state index contributed by atoms with van der Waals surface area (Å²) in [5, 5.41) is 9.59. The molecule has 0 saturated carbocycles. The molecule has 1 unspecified atom stereocenters. The van der Waals surface area contributed by atoms with Crippen molar-refractivity contribution in [1.82, 2.24) is 24.1 Å². The van der Waals surface area contributed by atoms with E-state index >= 15 is 0 Å². The molecule has 0 spiro atoms. The number of anilines is 1. The van der Waals surface area contributed by atoms with Crippen LogP contribution in [0, 0.1) is 0 Å². The van der Waals surface area contributed by atoms with Crippen LogP contribution in [0.4, 0.5) is 5.13 Å². The normalized spacial score (nSPS) is 15.1. The van der Waals surface area contributed by atoms with Gasteiger partial charge in [-0.1, -0.05) is 54.6 Å². The van der Waals surface area contributed by atoms with Crippen LogP contribution in [-0.4, -0.2) is 50.1 Å². The fourth-order valence-electron chi connectivity index (χ4n) is 5.17. The summed E-state index contributed by atoms with van der Waals surface area (Å²) in [6.07, 6.45) is 7.27. The zero-order valence-corrected chi connectivity index (χ0v) is 23.1. The van der Waals surface area contributed by atoms with Crippen LogP contribution in [0.15, 0.2) is 89.6 Å². The van der Waals surface area contributed by atoms with Crippen molar-refractivity contribution in [2.75, 3.05) is 25.5 Å². The lowest BCUT2D eigenvalue weighted by atomic mass is 9.89. The van der Waals surface area contributed by atoms with Gasteiger partial charge >= 0.3 is 0 Å². The van der Waals surface area contributed by atoms with Crippen LogP contribution in [0.25, 0.3) is 16.6 Å². The highest BCUT2D eigenvalue weighted by molar-refractivity contribution is 7.13. The lowest BCUT2D eigenvalue weighted by Crippen LogP contribution is -2.35. The molecule has 2 aromatic carbocycles. The second-order valence-corrected chi connectivity index (χ2v) is 10.6. The number of fused-ring (bicyclic) bond motifs is 1. The van der Waals surface area contributed by atoms with Crippen LogP contribution in [-0.2, 0) is 4.79 Å². The van der Waals surface area contributed by atoms with E-state index < -0.39 is 6.04 Å². The van der Waals surface area contributed by atoms with Gasteiger partial charge in [0.15, 0.2) is 5.13 Å². The number of likely N-dealkylation sites (tertiary alicyclic amines) is 1. The minimum atomic E-state index is -0.891. The third-order valence-corrected chi connectivity index (χ3v) is 7.98. The monoisotopic (exact) mass is 560 g/mol. The van der Waals surface area contributed by atoms with E-state index in [1.54, 1.807) is 16.1 Å². The summed E-state index contributed by atoms with van der Waals surface area (Å²) in [6.45, 7) is 2.25. The van der Waals surface area contributed by atoms with Crippen molar-refractivity contribution in [3.05, 3.63) is 106 Å². The molecule has 8 nitrogen and oxygen atoms in total. The molecule has 1 aliphatic heterocycles. The van der Waals surface area contributed by atoms with Gasteiger partial charge in [0.05, 0.1) is 0 Å². The van der Waals surface area contributed by atoms with Gasteiger partial charge in [0.25, 0.3) is 11.5 Å². The molecule has 10 heteroatoms. The molecule has 1 N–H and O–H groups in total. The average molecular weight is 561 g/mol.